The molecule has 1 atom stereocenters. The van der Waals surface area contributed by atoms with Gasteiger partial charge < -0.3 is 4.90 Å². The van der Waals surface area contributed by atoms with Crippen LogP contribution in [0.2, 0.25) is 0 Å². The van der Waals surface area contributed by atoms with E-state index in [1.165, 1.54) is 28.5 Å². The van der Waals surface area contributed by atoms with Crippen molar-refractivity contribution in [3.8, 4) is 0 Å². The summed E-state index contributed by atoms with van der Waals surface area (Å²) in [6.07, 6.45) is 0.906. The highest BCUT2D eigenvalue weighted by molar-refractivity contribution is 7.99. The van der Waals surface area contributed by atoms with Gasteiger partial charge in [-0.05, 0) is 86.0 Å². The first-order valence-corrected chi connectivity index (χ1v) is 11.2. The molecule has 1 aliphatic heterocycles. The van der Waals surface area contributed by atoms with Crippen LogP contribution >= 0.6 is 11.8 Å². The quantitative estimate of drug-likeness (QED) is 0.447. The van der Waals surface area contributed by atoms with Gasteiger partial charge in [0.1, 0.15) is 0 Å². The van der Waals surface area contributed by atoms with Crippen molar-refractivity contribution in [3.05, 3.63) is 64.7 Å². The molecule has 0 saturated heterocycles. The van der Waals surface area contributed by atoms with Crippen LogP contribution in [0.15, 0.2) is 47.6 Å². The van der Waals surface area contributed by atoms with Gasteiger partial charge in [0.05, 0.1) is 11.3 Å². The van der Waals surface area contributed by atoms with E-state index in [0.29, 0.717) is 5.75 Å². The zero-order chi connectivity index (χ0) is 21.0. The van der Waals surface area contributed by atoms with E-state index in [9.17, 15) is 4.79 Å². The van der Waals surface area contributed by atoms with E-state index in [4.69, 9.17) is 0 Å². The van der Waals surface area contributed by atoms with Crippen LogP contribution in [0.3, 0.4) is 0 Å². The molecule has 4 aromatic rings. The van der Waals surface area contributed by atoms with Crippen molar-refractivity contribution in [2.45, 2.75) is 45.3 Å². The molecule has 1 amide bonds. The van der Waals surface area contributed by atoms with Crippen LogP contribution in [0.25, 0.3) is 16.6 Å². The molecule has 0 radical (unpaired) electrons. The van der Waals surface area contributed by atoms with E-state index in [1.807, 2.05) is 23.1 Å². The van der Waals surface area contributed by atoms with Gasteiger partial charge >= 0.3 is 0 Å². The summed E-state index contributed by atoms with van der Waals surface area (Å²) in [6.45, 7) is 8.41. The fourth-order valence-electron chi connectivity index (χ4n) is 4.41. The lowest BCUT2D eigenvalue weighted by molar-refractivity contribution is -0.116. The number of hydrogen-bond donors (Lipinski definition) is 0. The molecule has 0 bridgehead atoms. The van der Waals surface area contributed by atoms with Crippen LogP contribution in [0, 0.1) is 20.8 Å². The molecule has 0 spiro atoms. The minimum Gasteiger partial charge on any atom is -0.308 e. The highest BCUT2D eigenvalue weighted by Gasteiger charge is 2.30. The zero-order valence-electron chi connectivity index (χ0n) is 17.6. The maximum Gasteiger partial charge on any atom is 0.237 e. The van der Waals surface area contributed by atoms with Crippen LogP contribution < -0.4 is 4.90 Å². The number of thioether (sulfide) groups is 1. The molecule has 0 fully saturated rings. The molecule has 5 rings (SSSR count). The third kappa shape index (κ3) is 2.98. The van der Waals surface area contributed by atoms with E-state index in [0.717, 1.165) is 39.4 Å². The Morgan fingerprint density at radius 1 is 1.07 bits per heavy atom. The molecule has 6 heteroatoms. The van der Waals surface area contributed by atoms with Crippen molar-refractivity contribution < 1.29 is 4.79 Å². The fourth-order valence-corrected chi connectivity index (χ4v) is 5.21. The average molecular weight is 417 g/mol. The maximum absolute atomic E-state index is 13.1. The number of aryl methyl sites for hydroxylation is 3. The summed E-state index contributed by atoms with van der Waals surface area (Å²) in [5.74, 6) is 0.443. The summed E-state index contributed by atoms with van der Waals surface area (Å²) in [5, 5.41) is 10.8. The van der Waals surface area contributed by atoms with Crippen molar-refractivity contribution in [2.75, 3.05) is 10.7 Å². The van der Waals surface area contributed by atoms with Gasteiger partial charge in [-0.2, -0.15) is 0 Å². The Labute approximate surface area is 180 Å². The predicted molar refractivity (Wildman–Crippen MR) is 123 cm³/mol. The van der Waals surface area contributed by atoms with Crippen molar-refractivity contribution in [1.29, 1.82) is 0 Å². The summed E-state index contributed by atoms with van der Waals surface area (Å²) >= 11 is 1.46. The molecule has 1 aliphatic rings. The van der Waals surface area contributed by atoms with Crippen molar-refractivity contribution in [1.82, 2.24) is 14.6 Å². The average Bonchev–Trinajstić information content (AvgIpc) is 3.29. The lowest BCUT2D eigenvalue weighted by Gasteiger charge is -2.22. The normalized spacial score (nSPS) is 15.9. The summed E-state index contributed by atoms with van der Waals surface area (Å²) in [5.41, 5.74) is 7.78. The number of hydrogen-bond acceptors (Lipinski definition) is 4. The monoisotopic (exact) mass is 416 g/mol. The van der Waals surface area contributed by atoms with Crippen LogP contribution in [-0.2, 0) is 11.2 Å². The topological polar surface area (TPSA) is 50.5 Å². The number of rotatable bonds is 3. The summed E-state index contributed by atoms with van der Waals surface area (Å²) in [4.78, 5) is 15.1. The third-order valence-corrected chi connectivity index (χ3v) is 6.96. The summed E-state index contributed by atoms with van der Waals surface area (Å²) in [7, 11) is 0. The number of pyridine rings is 1. The molecule has 0 aliphatic carbocycles. The van der Waals surface area contributed by atoms with E-state index in [-0.39, 0.29) is 11.9 Å². The van der Waals surface area contributed by atoms with Crippen LogP contribution in [0.4, 0.5) is 5.69 Å². The van der Waals surface area contributed by atoms with E-state index >= 15 is 0 Å². The van der Waals surface area contributed by atoms with Crippen molar-refractivity contribution >= 4 is 39.9 Å². The van der Waals surface area contributed by atoms with Gasteiger partial charge in [0, 0.05) is 11.7 Å². The number of amides is 1. The molecule has 2 aromatic carbocycles. The summed E-state index contributed by atoms with van der Waals surface area (Å²) < 4.78 is 2.09. The van der Waals surface area contributed by atoms with Gasteiger partial charge in [-0.25, -0.2) is 0 Å². The van der Waals surface area contributed by atoms with Gasteiger partial charge in [-0.1, -0.05) is 30.0 Å². The Bertz CT molecular complexity index is 1310. The lowest BCUT2D eigenvalue weighted by atomic mass is 10.0. The van der Waals surface area contributed by atoms with E-state index in [1.54, 1.807) is 0 Å². The number of nitrogens with zero attached hydrogens (tertiary/aromatic N) is 4. The molecule has 2 aromatic heterocycles. The molecular formula is C24H24N4OS. The third-order valence-electron chi connectivity index (χ3n) is 6.04. The predicted octanol–water partition coefficient (Wildman–Crippen LogP) is 4.88. The molecular weight excluding hydrogens is 392 g/mol. The molecule has 0 saturated carbocycles. The number of anilines is 1. The minimum absolute atomic E-state index is 0.109. The fraction of sp³-hybridized carbons (Fsp3) is 0.292. The first-order chi connectivity index (χ1) is 14.4. The Kier molecular flexibility index (Phi) is 4.54. The molecule has 30 heavy (non-hydrogen) atoms. The Balaban J connectivity index is 1.49. The smallest absolute Gasteiger partial charge is 0.237 e. The highest BCUT2D eigenvalue weighted by Crippen LogP contribution is 2.33. The van der Waals surface area contributed by atoms with Crippen molar-refractivity contribution in [3.63, 3.8) is 0 Å². The first-order valence-electron chi connectivity index (χ1n) is 10.2. The maximum atomic E-state index is 13.1. The summed E-state index contributed by atoms with van der Waals surface area (Å²) in [6, 6.07) is 14.9. The first kappa shape index (κ1) is 19.1. The standard InChI is InChI=1S/C24H24N4OS/c1-14-9-19-10-16(3)23-25-26-24(28(23)21(19)11-15(14)2)30-13-22(29)27-17(4)12-18-7-5-6-8-20(18)27/h5-11,17H,12-13H2,1-4H3/t17-/m0/s1. The SMILES string of the molecule is Cc1cc2cc(C)c3nnc(SCC(=O)N4c5ccccc5C[C@@H]4C)n3c2cc1C. The zero-order valence-corrected chi connectivity index (χ0v) is 18.5. The Morgan fingerprint density at radius 2 is 1.80 bits per heavy atom. The second kappa shape index (κ2) is 7.13. The number of fused-ring (bicyclic) bond motifs is 4. The van der Waals surface area contributed by atoms with Gasteiger partial charge in [0.2, 0.25) is 5.91 Å². The van der Waals surface area contributed by atoms with Gasteiger partial charge in [-0.15, -0.1) is 10.2 Å². The van der Waals surface area contributed by atoms with Crippen LogP contribution in [-0.4, -0.2) is 32.3 Å². The molecule has 0 unspecified atom stereocenters. The number of benzene rings is 2. The second-order valence-corrected chi connectivity index (χ2v) is 9.14. The molecule has 0 N–H and O–H groups in total. The largest absolute Gasteiger partial charge is 0.308 e. The highest BCUT2D eigenvalue weighted by atomic mass is 32.2. The molecule has 152 valence electrons. The Morgan fingerprint density at radius 3 is 2.63 bits per heavy atom. The number of aromatic nitrogens is 3. The second-order valence-electron chi connectivity index (χ2n) is 8.20. The van der Waals surface area contributed by atoms with Gasteiger partial charge in [-0.3, -0.25) is 9.20 Å². The Hall–Kier alpha value is -2.86. The minimum atomic E-state index is 0.109. The van der Waals surface area contributed by atoms with Crippen LogP contribution in [0.5, 0.6) is 0 Å². The van der Waals surface area contributed by atoms with Gasteiger partial charge in [0.15, 0.2) is 10.8 Å². The van der Waals surface area contributed by atoms with Crippen LogP contribution in [0.1, 0.15) is 29.2 Å². The van der Waals surface area contributed by atoms with Crippen molar-refractivity contribution in [2.24, 2.45) is 0 Å². The number of para-hydroxylation sites is 1. The molecule has 5 nitrogen and oxygen atoms in total. The van der Waals surface area contributed by atoms with E-state index < -0.39 is 0 Å². The number of carbonyl (C=O) groups excluding carboxylic acids is 1. The van der Waals surface area contributed by atoms with Gasteiger partial charge in [0.25, 0.3) is 0 Å². The lowest BCUT2D eigenvalue weighted by Crippen LogP contribution is -2.37. The molecule has 3 heterocycles. The van der Waals surface area contributed by atoms with E-state index in [2.05, 4.69) is 66.6 Å². The number of carbonyl (C=O) groups is 1.